The SMILES string of the molecule is C=C(C)COc1ccc([C@@H](CC(N)=O)c2oc(C)cc(=O)c2O)cc1OC. The highest BCUT2D eigenvalue weighted by molar-refractivity contribution is 5.75. The van der Waals surface area contributed by atoms with Crippen LogP contribution in [-0.2, 0) is 4.79 Å². The first-order valence-electron chi connectivity index (χ1n) is 8.30. The molecule has 0 fully saturated rings. The van der Waals surface area contributed by atoms with Gasteiger partial charge in [-0.2, -0.15) is 0 Å². The molecular formula is C20H23NO6. The first kappa shape index (κ1) is 20.1. The quantitative estimate of drug-likeness (QED) is 0.688. The number of carbonyl (C=O) groups is 1. The third kappa shape index (κ3) is 4.91. The smallest absolute Gasteiger partial charge is 0.227 e. The number of primary amides is 1. The first-order valence-corrected chi connectivity index (χ1v) is 8.30. The van der Waals surface area contributed by atoms with Crippen molar-refractivity contribution in [1.82, 2.24) is 0 Å². The van der Waals surface area contributed by atoms with Gasteiger partial charge in [-0.1, -0.05) is 12.6 Å². The number of hydrogen-bond acceptors (Lipinski definition) is 6. The maximum absolute atomic E-state index is 11.9. The second-order valence-electron chi connectivity index (χ2n) is 6.31. The molecule has 0 saturated heterocycles. The summed E-state index contributed by atoms with van der Waals surface area (Å²) in [7, 11) is 1.49. The minimum Gasteiger partial charge on any atom is -0.502 e. The number of ether oxygens (including phenoxy) is 2. The van der Waals surface area contributed by atoms with Gasteiger partial charge in [0.15, 0.2) is 17.3 Å². The third-order valence-corrected chi connectivity index (χ3v) is 3.86. The molecule has 0 bridgehead atoms. The lowest BCUT2D eigenvalue weighted by molar-refractivity contribution is -0.118. The number of benzene rings is 1. The Balaban J connectivity index is 2.53. The highest BCUT2D eigenvalue weighted by atomic mass is 16.5. The highest BCUT2D eigenvalue weighted by Gasteiger charge is 2.26. The van der Waals surface area contributed by atoms with Crippen LogP contribution in [0.5, 0.6) is 17.2 Å². The van der Waals surface area contributed by atoms with E-state index in [1.54, 1.807) is 25.1 Å². The van der Waals surface area contributed by atoms with Crippen molar-refractivity contribution in [2.24, 2.45) is 5.73 Å². The average molecular weight is 373 g/mol. The van der Waals surface area contributed by atoms with Crippen LogP contribution in [0, 0.1) is 6.92 Å². The monoisotopic (exact) mass is 373 g/mol. The first-order chi connectivity index (χ1) is 12.7. The molecule has 7 heteroatoms. The zero-order valence-corrected chi connectivity index (χ0v) is 15.6. The van der Waals surface area contributed by atoms with Gasteiger partial charge in [0.25, 0.3) is 0 Å². The summed E-state index contributed by atoms with van der Waals surface area (Å²) in [6, 6.07) is 6.21. The van der Waals surface area contributed by atoms with Gasteiger partial charge in [-0.05, 0) is 37.1 Å². The molecule has 0 unspecified atom stereocenters. The summed E-state index contributed by atoms with van der Waals surface area (Å²) < 4.78 is 16.5. The molecule has 0 aliphatic rings. The lowest BCUT2D eigenvalue weighted by atomic mass is 9.91. The van der Waals surface area contributed by atoms with E-state index in [-0.39, 0.29) is 12.2 Å². The molecular weight excluding hydrogens is 350 g/mol. The Hall–Kier alpha value is -3.22. The summed E-state index contributed by atoms with van der Waals surface area (Å²) in [4.78, 5) is 23.5. The van der Waals surface area contributed by atoms with Gasteiger partial charge in [0.05, 0.1) is 13.0 Å². The molecule has 2 aromatic rings. The second kappa shape index (κ2) is 8.44. The third-order valence-electron chi connectivity index (χ3n) is 3.86. The van der Waals surface area contributed by atoms with Crippen LogP contribution >= 0.6 is 0 Å². The van der Waals surface area contributed by atoms with Gasteiger partial charge in [0.1, 0.15) is 12.4 Å². The van der Waals surface area contributed by atoms with Crippen molar-refractivity contribution in [2.45, 2.75) is 26.2 Å². The number of nitrogens with two attached hydrogens (primary N) is 1. The number of amides is 1. The van der Waals surface area contributed by atoms with E-state index in [0.29, 0.717) is 29.4 Å². The molecule has 1 amide bonds. The summed E-state index contributed by atoms with van der Waals surface area (Å²) in [6.45, 7) is 7.53. The fourth-order valence-electron chi connectivity index (χ4n) is 2.65. The van der Waals surface area contributed by atoms with Gasteiger partial charge < -0.3 is 24.7 Å². The Morgan fingerprint density at radius 1 is 1.33 bits per heavy atom. The van der Waals surface area contributed by atoms with Crippen LogP contribution in [0.1, 0.15) is 36.3 Å². The van der Waals surface area contributed by atoms with E-state index in [2.05, 4.69) is 6.58 Å². The molecule has 0 aliphatic heterocycles. The van der Waals surface area contributed by atoms with E-state index >= 15 is 0 Å². The van der Waals surface area contributed by atoms with Gasteiger partial charge >= 0.3 is 0 Å². The van der Waals surface area contributed by atoms with Crippen molar-refractivity contribution < 1.29 is 23.8 Å². The number of hydrogen-bond donors (Lipinski definition) is 2. The minimum absolute atomic E-state index is 0.0172. The molecule has 1 atom stereocenters. The van der Waals surface area contributed by atoms with Crippen LogP contribution in [0.25, 0.3) is 0 Å². The van der Waals surface area contributed by atoms with Gasteiger partial charge in [-0.15, -0.1) is 0 Å². The Labute approximate surface area is 157 Å². The van der Waals surface area contributed by atoms with Crippen molar-refractivity contribution in [2.75, 3.05) is 13.7 Å². The Kier molecular flexibility index (Phi) is 6.28. The Morgan fingerprint density at radius 3 is 2.63 bits per heavy atom. The van der Waals surface area contributed by atoms with E-state index in [1.807, 2.05) is 6.92 Å². The number of aryl methyl sites for hydroxylation is 1. The van der Waals surface area contributed by atoms with E-state index in [1.165, 1.54) is 13.2 Å². The molecule has 3 N–H and O–H groups in total. The van der Waals surface area contributed by atoms with Crippen LogP contribution in [-0.4, -0.2) is 24.7 Å². The number of aromatic hydroxyl groups is 1. The molecule has 0 saturated carbocycles. The van der Waals surface area contributed by atoms with E-state index in [0.717, 1.165) is 5.57 Å². The predicted octanol–water partition coefficient (Wildman–Crippen LogP) is 2.62. The largest absolute Gasteiger partial charge is 0.502 e. The topological polar surface area (TPSA) is 112 Å². The van der Waals surface area contributed by atoms with E-state index in [9.17, 15) is 14.7 Å². The van der Waals surface area contributed by atoms with Crippen LogP contribution in [0.2, 0.25) is 0 Å². The molecule has 2 rings (SSSR count). The predicted molar refractivity (Wildman–Crippen MR) is 100 cm³/mol. The normalized spacial score (nSPS) is 11.7. The highest BCUT2D eigenvalue weighted by Crippen LogP contribution is 2.37. The number of methoxy groups -OCH3 is 1. The van der Waals surface area contributed by atoms with E-state index < -0.39 is 23.0 Å². The molecule has 1 aromatic heterocycles. The van der Waals surface area contributed by atoms with Crippen LogP contribution in [0.3, 0.4) is 0 Å². The summed E-state index contributed by atoms with van der Waals surface area (Å²) in [5, 5.41) is 10.2. The van der Waals surface area contributed by atoms with Gasteiger partial charge in [0, 0.05) is 12.5 Å². The fraction of sp³-hybridized carbons (Fsp3) is 0.300. The maximum atomic E-state index is 11.9. The molecule has 27 heavy (non-hydrogen) atoms. The second-order valence-corrected chi connectivity index (χ2v) is 6.31. The molecule has 144 valence electrons. The van der Waals surface area contributed by atoms with Crippen LogP contribution < -0.4 is 20.6 Å². The van der Waals surface area contributed by atoms with Crippen molar-refractivity contribution in [1.29, 1.82) is 0 Å². The van der Waals surface area contributed by atoms with Crippen LogP contribution in [0.4, 0.5) is 0 Å². The molecule has 7 nitrogen and oxygen atoms in total. The minimum atomic E-state index is -0.751. The molecule has 1 aromatic carbocycles. The maximum Gasteiger partial charge on any atom is 0.227 e. The van der Waals surface area contributed by atoms with E-state index in [4.69, 9.17) is 19.6 Å². The van der Waals surface area contributed by atoms with Crippen molar-refractivity contribution >= 4 is 5.91 Å². The van der Waals surface area contributed by atoms with Gasteiger partial charge in [-0.25, -0.2) is 0 Å². The molecule has 0 aliphatic carbocycles. The molecule has 0 radical (unpaired) electrons. The van der Waals surface area contributed by atoms with Gasteiger partial charge in [-0.3, -0.25) is 9.59 Å². The summed E-state index contributed by atoms with van der Waals surface area (Å²) in [5.74, 6) is -0.681. The fourth-order valence-corrected chi connectivity index (χ4v) is 2.65. The molecule has 1 heterocycles. The summed E-state index contributed by atoms with van der Waals surface area (Å²) >= 11 is 0. The zero-order valence-electron chi connectivity index (χ0n) is 15.6. The number of rotatable bonds is 8. The standard InChI is InChI=1S/C20H23NO6/c1-11(2)10-26-16-6-5-13(8-17(16)25-4)14(9-18(21)23)20-19(24)15(22)7-12(3)27-20/h5-8,14,24H,1,9-10H2,2-4H3,(H2,21,23)/t14-/m1/s1. The van der Waals surface area contributed by atoms with Crippen molar-refractivity contribution in [3.05, 3.63) is 63.7 Å². The lowest BCUT2D eigenvalue weighted by Crippen LogP contribution is -2.18. The summed E-state index contributed by atoms with van der Waals surface area (Å²) in [5.41, 5.74) is 6.21. The van der Waals surface area contributed by atoms with Crippen molar-refractivity contribution in [3.8, 4) is 17.2 Å². The Morgan fingerprint density at radius 2 is 2.04 bits per heavy atom. The van der Waals surface area contributed by atoms with Crippen molar-refractivity contribution in [3.63, 3.8) is 0 Å². The number of carbonyl (C=O) groups excluding carboxylic acids is 1. The van der Waals surface area contributed by atoms with Crippen LogP contribution in [0.15, 0.2) is 45.6 Å². The lowest BCUT2D eigenvalue weighted by Gasteiger charge is -2.18. The van der Waals surface area contributed by atoms with Gasteiger partial charge in [0.2, 0.25) is 17.1 Å². The summed E-state index contributed by atoms with van der Waals surface area (Å²) in [6.07, 6.45) is -0.158. The molecule has 0 spiro atoms. The average Bonchev–Trinajstić information content (AvgIpc) is 2.60. The Bertz CT molecular complexity index is 915. The zero-order chi connectivity index (χ0) is 20.1.